The molecule has 0 atom stereocenters. The average molecular weight is 286 g/mol. The van der Waals surface area contributed by atoms with Crippen LogP contribution in [-0.4, -0.2) is 18.3 Å². The molecule has 0 radical (unpaired) electrons. The van der Waals surface area contributed by atoms with Gasteiger partial charge in [0.25, 0.3) is 0 Å². The van der Waals surface area contributed by atoms with Crippen molar-refractivity contribution in [3.63, 3.8) is 0 Å². The second-order valence-electron chi connectivity index (χ2n) is 4.86. The zero-order valence-electron chi connectivity index (χ0n) is 12.4. The van der Waals surface area contributed by atoms with Crippen molar-refractivity contribution in [3.05, 3.63) is 12.2 Å². The van der Waals surface area contributed by atoms with Crippen molar-refractivity contribution < 1.29 is 9.53 Å². The molecule has 0 spiro atoms. The van der Waals surface area contributed by atoms with Gasteiger partial charge in [0.05, 0.1) is 0 Å². The maximum absolute atomic E-state index is 11.2. The molecule has 0 bridgehead atoms. The van der Waals surface area contributed by atoms with Crippen LogP contribution in [0.2, 0.25) is 0 Å². The second kappa shape index (κ2) is 15.6. The molecule has 19 heavy (non-hydrogen) atoms. The van der Waals surface area contributed by atoms with Gasteiger partial charge in [-0.25, -0.2) is 0 Å². The molecular formula is C16H30O2S. The largest absolute Gasteiger partial charge is 0.465 e. The minimum atomic E-state index is -0.0760. The number of unbranched alkanes of at least 4 members (excludes halogenated alkanes) is 7. The van der Waals surface area contributed by atoms with E-state index in [0.29, 0.717) is 18.8 Å². The number of thiol groups is 1. The van der Waals surface area contributed by atoms with Crippen LogP contribution < -0.4 is 0 Å². The van der Waals surface area contributed by atoms with Crippen LogP contribution in [0, 0.1) is 0 Å². The number of esters is 1. The third-order valence-corrected chi connectivity index (χ3v) is 3.18. The molecule has 0 fully saturated rings. The standard InChI is InChI=1S/C16H30O2S/c1-2-3-4-5-6-7-8-9-10-11-12-13-16(17)18-14-15-19/h5-6,19H,2-4,7-15H2,1H3/b6-5+. The molecule has 0 amide bonds. The first kappa shape index (κ1) is 18.6. The Kier molecular flexibility index (Phi) is 15.3. The van der Waals surface area contributed by atoms with E-state index >= 15 is 0 Å². The van der Waals surface area contributed by atoms with Crippen molar-refractivity contribution in [2.75, 3.05) is 12.4 Å². The summed E-state index contributed by atoms with van der Waals surface area (Å²) in [7, 11) is 0. The Morgan fingerprint density at radius 3 is 2.32 bits per heavy atom. The number of carbonyl (C=O) groups excluding carboxylic acids is 1. The molecule has 0 aromatic carbocycles. The van der Waals surface area contributed by atoms with E-state index in [-0.39, 0.29) is 5.97 Å². The summed E-state index contributed by atoms with van der Waals surface area (Å²) in [5, 5.41) is 0. The van der Waals surface area contributed by atoms with Crippen LogP contribution in [0.4, 0.5) is 0 Å². The van der Waals surface area contributed by atoms with Crippen molar-refractivity contribution in [1.82, 2.24) is 0 Å². The molecule has 0 saturated carbocycles. The third kappa shape index (κ3) is 15.5. The lowest BCUT2D eigenvalue weighted by atomic mass is 10.1. The van der Waals surface area contributed by atoms with Gasteiger partial charge in [-0.2, -0.15) is 12.6 Å². The molecule has 112 valence electrons. The molecule has 3 heteroatoms. The Labute approximate surface area is 124 Å². The predicted molar refractivity (Wildman–Crippen MR) is 85.8 cm³/mol. The number of hydrogen-bond donors (Lipinski definition) is 1. The Balaban J connectivity index is 3.14. The lowest BCUT2D eigenvalue weighted by molar-refractivity contribution is -0.143. The van der Waals surface area contributed by atoms with E-state index in [1.807, 2.05) is 0 Å². The molecule has 0 rings (SSSR count). The van der Waals surface area contributed by atoms with Gasteiger partial charge in [-0.1, -0.05) is 51.2 Å². The van der Waals surface area contributed by atoms with E-state index in [9.17, 15) is 4.79 Å². The zero-order valence-corrected chi connectivity index (χ0v) is 13.3. The summed E-state index contributed by atoms with van der Waals surface area (Å²) >= 11 is 4.00. The number of allylic oxidation sites excluding steroid dienone is 2. The molecule has 0 aliphatic rings. The van der Waals surface area contributed by atoms with E-state index in [0.717, 1.165) is 12.8 Å². The first-order valence-corrected chi connectivity index (χ1v) is 8.36. The second-order valence-corrected chi connectivity index (χ2v) is 5.31. The minimum absolute atomic E-state index is 0.0760. The highest BCUT2D eigenvalue weighted by molar-refractivity contribution is 7.80. The van der Waals surface area contributed by atoms with Crippen LogP contribution in [0.15, 0.2) is 12.2 Å². The summed E-state index contributed by atoms with van der Waals surface area (Å²) in [5.41, 5.74) is 0. The number of hydrogen-bond acceptors (Lipinski definition) is 3. The summed E-state index contributed by atoms with van der Waals surface area (Å²) in [6.45, 7) is 2.66. The van der Waals surface area contributed by atoms with Gasteiger partial charge in [0, 0.05) is 12.2 Å². The minimum Gasteiger partial charge on any atom is -0.465 e. The van der Waals surface area contributed by atoms with Gasteiger partial charge in [-0.3, -0.25) is 4.79 Å². The van der Waals surface area contributed by atoms with E-state index < -0.39 is 0 Å². The van der Waals surface area contributed by atoms with E-state index in [2.05, 4.69) is 31.7 Å². The third-order valence-electron chi connectivity index (χ3n) is 3.00. The van der Waals surface area contributed by atoms with Gasteiger partial charge in [0.2, 0.25) is 0 Å². The molecule has 0 saturated heterocycles. The highest BCUT2D eigenvalue weighted by Crippen LogP contribution is 2.08. The van der Waals surface area contributed by atoms with Crippen molar-refractivity contribution >= 4 is 18.6 Å². The number of rotatable bonds is 13. The smallest absolute Gasteiger partial charge is 0.305 e. The molecule has 0 aliphatic heterocycles. The fraction of sp³-hybridized carbons (Fsp3) is 0.812. The molecule has 0 aliphatic carbocycles. The summed E-state index contributed by atoms with van der Waals surface area (Å²) in [6, 6.07) is 0. The Hall–Kier alpha value is -0.440. The number of carbonyl (C=O) groups is 1. The Morgan fingerprint density at radius 2 is 1.63 bits per heavy atom. The van der Waals surface area contributed by atoms with Crippen LogP contribution in [0.3, 0.4) is 0 Å². The van der Waals surface area contributed by atoms with Crippen molar-refractivity contribution in [1.29, 1.82) is 0 Å². The number of ether oxygens (including phenoxy) is 1. The average Bonchev–Trinajstić information content (AvgIpc) is 2.42. The summed E-state index contributed by atoms with van der Waals surface area (Å²) in [4.78, 5) is 11.2. The first-order chi connectivity index (χ1) is 9.31. The van der Waals surface area contributed by atoms with Gasteiger partial charge < -0.3 is 4.74 Å². The quantitative estimate of drug-likeness (QED) is 0.225. The van der Waals surface area contributed by atoms with Crippen molar-refractivity contribution in [2.24, 2.45) is 0 Å². The lowest BCUT2D eigenvalue weighted by Gasteiger charge is -2.02. The molecule has 0 aromatic heterocycles. The van der Waals surface area contributed by atoms with Gasteiger partial charge in [-0.15, -0.1) is 0 Å². The van der Waals surface area contributed by atoms with Crippen LogP contribution in [0.25, 0.3) is 0 Å². The summed E-state index contributed by atoms with van der Waals surface area (Å²) in [6.07, 6.45) is 16.0. The summed E-state index contributed by atoms with van der Waals surface area (Å²) < 4.78 is 4.96. The van der Waals surface area contributed by atoms with Gasteiger partial charge in [-0.05, 0) is 25.7 Å². The summed E-state index contributed by atoms with van der Waals surface area (Å²) in [5.74, 6) is 0.533. The molecular weight excluding hydrogens is 256 g/mol. The SMILES string of the molecule is CCCC/C=C/CCCCCCCC(=O)OCCS. The van der Waals surface area contributed by atoms with Crippen LogP contribution in [-0.2, 0) is 9.53 Å². The fourth-order valence-electron chi connectivity index (χ4n) is 1.85. The normalized spacial score (nSPS) is 11.1. The molecule has 0 aromatic rings. The maximum atomic E-state index is 11.2. The van der Waals surface area contributed by atoms with Crippen LogP contribution in [0.5, 0.6) is 0 Å². The molecule has 2 nitrogen and oxygen atoms in total. The van der Waals surface area contributed by atoms with E-state index in [1.54, 1.807) is 0 Å². The fourth-order valence-corrected chi connectivity index (χ4v) is 1.94. The Bertz CT molecular complexity index is 227. The predicted octanol–water partition coefficient (Wildman–Crippen LogP) is 4.94. The van der Waals surface area contributed by atoms with Crippen LogP contribution >= 0.6 is 12.6 Å². The highest BCUT2D eigenvalue weighted by atomic mass is 32.1. The zero-order chi connectivity index (χ0) is 14.2. The monoisotopic (exact) mass is 286 g/mol. The first-order valence-electron chi connectivity index (χ1n) is 7.72. The van der Waals surface area contributed by atoms with Gasteiger partial charge in [0.1, 0.15) is 6.61 Å². The van der Waals surface area contributed by atoms with Gasteiger partial charge >= 0.3 is 5.97 Å². The molecule has 0 unspecified atom stereocenters. The topological polar surface area (TPSA) is 26.3 Å². The maximum Gasteiger partial charge on any atom is 0.305 e. The van der Waals surface area contributed by atoms with E-state index in [4.69, 9.17) is 4.74 Å². The van der Waals surface area contributed by atoms with Gasteiger partial charge in [0.15, 0.2) is 0 Å². The van der Waals surface area contributed by atoms with Crippen molar-refractivity contribution in [2.45, 2.75) is 71.1 Å². The van der Waals surface area contributed by atoms with Crippen LogP contribution in [0.1, 0.15) is 71.1 Å². The highest BCUT2D eigenvalue weighted by Gasteiger charge is 2.01. The van der Waals surface area contributed by atoms with E-state index in [1.165, 1.54) is 44.9 Å². The lowest BCUT2D eigenvalue weighted by Crippen LogP contribution is -2.06. The molecule has 0 heterocycles. The molecule has 0 N–H and O–H groups in total. The Morgan fingerprint density at radius 1 is 1.00 bits per heavy atom. The van der Waals surface area contributed by atoms with Crippen molar-refractivity contribution in [3.8, 4) is 0 Å².